The Hall–Kier alpha value is -0.120. The lowest BCUT2D eigenvalue weighted by atomic mass is 9.82. The standard InChI is InChI=1S/C10H20N2O/c1-9(2,3)8-4-5-13-10(12-8)6-11-7-10/h8,11-12H,4-7H2,1-3H3. The Morgan fingerprint density at radius 2 is 2.00 bits per heavy atom. The summed E-state index contributed by atoms with van der Waals surface area (Å²) >= 11 is 0. The average Bonchev–Trinajstić information content (AvgIpc) is 2.00. The van der Waals surface area contributed by atoms with E-state index in [1.54, 1.807) is 0 Å². The van der Waals surface area contributed by atoms with E-state index in [4.69, 9.17) is 4.74 Å². The van der Waals surface area contributed by atoms with Crippen LogP contribution in [0.2, 0.25) is 0 Å². The summed E-state index contributed by atoms with van der Waals surface area (Å²) in [5, 5.41) is 6.88. The van der Waals surface area contributed by atoms with Crippen molar-refractivity contribution in [3.05, 3.63) is 0 Å². The SMILES string of the molecule is CC(C)(C)C1CCOC2(CNC2)N1. The Balaban J connectivity index is 2.00. The van der Waals surface area contributed by atoms with Crippen molar-refractivity contribution in [3.8, 4) is 0 Å². The second-order valence-electron chi connectivity index (χ2n) is 5.30. The highest BCUT2D eigenvalue weighted by Crippen LogP contribution is 2.29. The van der Waals surface area contributed by atoms with E-state index in [-0.39, 0.29) is 5.72 Å². The van der Waals surface area contributed by atoms with Crippen LogP contribution in [-0.2, 0) is 4.74 Å². The fourth-order valence-electron chi connectivity index (χ4n) is 2.01. The van der Waals surface area contributed by atoms with Crippen molar-refractivity contribution in [3.63, 3.8) is 0 Å². The predicted octanol–water partition coefficient (Wildman–Crippen LogP) is 0.711. The van der Waals surface area contributed by atoms with Crippen LogP contribution in [0.4, 0.5) is 0 Å². The van der Waals surface area contributed by atoms with Crippen LogP contribution in [0.25, 0.3) is 0 Å². The Kier molecular flexibility index (Phi) is 2.13. The molecule has 13 heavy (non-hydrogen) atoms. The molecule has 0 radical (unpaired) electrons. The van der Waals surface area contributed by atoms with Gasteiger partial charge < -0.3 is 10.1 Å². The van der Waals surface area contributed by atoms with E-state index in [0.717, 1.165) is 26.1 Å². The lowest BCUT2D eigenvalue weighted by molar-refractivity contribution is -0.150. The quantitative estimate of drug-likeness (QED) is 0.582. The number of hydrogen-bond donors (Lipinski definition) is 2. The first kappa shape index (κ1) is 9.44. The summed E-state index contributed by atoms with van der Waals surface area (Å²) in [4.78, 5) is 0. The van der Waals surface area contributed by atoms with Gasteiger partial charge in [0.2, 0.25) is 0 Å². The fraction of sp³-hybridized carbons (Fsp3) is 1.00. The van der Waals surface area contributed by atoms with Crippen molar-refractivity contribution in [2.75, 3.05) is 19.7 Å². The molecule has 3 nitrogen and oxygen atoms in total. The summed E-state index contributed by atoms with van der Waals surface area (Å²) in [7, 11) is 0. The molecular weight excluding hydrogens is 164 g/mol. The summed E-state index contributed by atoms with van der Waals surface area (Å²) in [5.41, 5.74) is 0.308. The molecule has 0 aromatic rings. The number of hydrogen-bond acceptors (Lipinski definition) is 3. The summed E-state index contributed by atoms with van der Waals surface area (Å²) in [6, 6.07) is 0.586. The molecule has 1 spiro atoms. The maximum absolute atomic E-state index is 5.75. The van der Waals surface area contributed by atoms with Gasteiger partial charge in [-0.3, -0.25) is 5.32 Å². The molecule has 3 heteroatoms. The van der Waals surface area contributed by atoms with Crippen LogP contribution in [0.1, 0.15) is 27.2 Å². The van der Waals surface area contributed by atoms with Crippen molar-refractivity contribution in [2.24, 2.45) is 5.41 Å². The van der Waals surface area contributed by atoms with Gasteiger partial charge in [0.05, 0.1) is 6.61 Å². The Labute approximate surface area is 80.2 Å². The molecule has 1 atom stereocenters. The van der Waals surface area contributed by atoms with Crippen molar-refractivity contribution in [1.82, 2.24) is 10.6 Å². The van der Waals surface area contributed by atoms with Crippen LogP contribution < -0.4 is 10.6 Å². The molecule has 0 aromatic heterocycles. The van der Waals surface area contributed by atoms with Crippen LogP contribution in [0.15, 0.2) is 0 Å². The summed E-state index contributed by atoms with van der Waals surface area (Å²) in [6.07, 6.45) is 1.13. The molecule has 2 heterocycles. The Morgan fingerprint density at radius 1 is 1.31 bits per heavy atom. The fourth-order valence-corrected chi connectivity index (χ4v) is 2.01. The number of rotatable bonds is 0. The average molecular weight is 184 g/mol. The predicted molar refractivity (Wildman–Crippen MR) is 52.5 cm³/mol. The minimum Gasteiger partial charge on any atom is -0.358 e. The molecular formula is C10H20N2O. The third-order valence-corrected chi connectivity index (χ3v) is 3.09. The maximum atomic E-state index is 5.75. The first-order chi connectivity index (χ1) is 6.02. The van der Waals surface area contributed by atoms with Gasteiger partial charge in [0.15, 0.2) is 0 Å². The highest BCUT2D eigenvalue weighted by Gasteiger charge is 2.44. The highest BCUT2D eigenvalue weighted by molar-refractivity contribution is 4.99. The van der Waals surface area contributed by atoms with Crippen molar-refractivity contribution in [1.29, 1.82) is 0 Å². The highest BCUT2D eigenvalue weighted by atomic mass is 16.5. The van der Waals surface area contributed by atoms with Crippen LogP contribution in [0, 0.1) is 5.41 Å². The molecule has 2 aliphatic heterocycles. The first-order valence-corrected chi connectivity index (χ1v) is 5.14. The lowest BCUT2D eigenvalue weighted by Crippen LogP contribution is -2.74. The van der Waals surface area contributed by atoms with E-state index in [9.17, 15) is 0 Å². The number of ether oxygens (including phenoxy) is 1. The first-order valence-electron chi connectivity index (χ1n) is 5.14. The van der Waals surface area contributed by atoms with Gasteiger partial charge in [-0.1, -0.05) is 20.8 Å². The van der Waals surface area contributed by atoms with Gasteiger partial charge in [-0.15, -0.1) is 0 Å². The molecule has 2 fully saturated rings. The van der Waals surface area contributed by atoms with Crippen molar-refractivity contribution in [2.45, 2.75) is 39.0 Å². The van der Waals surface area contributed by atoms with E-state index < -0.39 is 0 Å². The minimum absolute atomic E-state index is 0.0316. The smallest absolute Gasteiger partial charge is 0.144 e. The molecule has 76 valence electrons. The second kappa shape index (κ2) is 2.94. The zero-order valence-electron chi connectivity index (χ0n) is 8.81. The van der Waals surface area contributed by atoms with Crippen LogP contribution in [0.3, 0.4) is 0 Å². The minimum atomic E-state index is -0.0316. The van der Waals surface area contributed by atoms with Gasteiger partial charge in [0, 0.05) is 19.1 Å². The van der Waals surface area contributed by atoms with E-state index in [0.29, 0.717) is 11.5 Å². The molecule has 2 N–H and O–H groups in total. The Morgan fingerprint density at radius 3 is 2.46 bits per heavy atom. The van der Waals surface area contributed by atoms with E-state index in [1.165, 1.54) is 0 Å². The molecule has 0 saturated carbocycles. The van der Waals surface area contributed by atoms with Gasteiger partial charge >= 0.3 is 0 Å². The van der Waals surface area contributed by atoms with Gasteiger partial charge in [0.1, 0.15) is 5.72 Å². The topological polar surface area (TPSA) is 33.3 Å². The molecule has 0 aromatic carbocycles. The van der Waals surface area contributed by atoms with E-state index >= 15 is 0 Å². The third kappa shape index (κ3) is 1.73. The summed E-state index contributed by atoms with van der Waals surface area (Å²) in [6.45, 7) is 9.68. The molecule has 2 saturated heterocycles. The van der Waals surface area contributed by atoms with Crippen LogP contribution in [0.5, 0.6) is 0 Å². The van der Waals surface area contributed by atoms with Crippen LogP contribution in [-0.4, -0.2) is 31.5 Å². The van der Waals surface area contributed by atoms with E-state index in [2.05, 4.69) is 31.4 Å². The largest absolute Gasteiger partial charge is 0.358 e. The van der Waals surface area contributed by atoms with Gasteiger partial charge in [-0.2, -0.15) is 0 Å². The van der Waals surface area contributed by atoms with Crippen molar-refractivity contribution < 1.29 is 4.74 Å². The normalized spacial score (nSPS) is 33.0. The number of nitrogens with one attached hydrogen (secondary N) is 2. The molecule has 2 rings (SSSR count). The third-order valence-electron chi connectivity index (χ3n) is 3.09. The molecule has 0 bridgehead atoms. The maximum Gasteiger partial charge on any atom is 0.144 e. The van der Waals surface area contributed by atoms with Crippen molar-refractivity contribution >= 4 is 0 Å². The molecule has 2 aliphatic rings. The van der Waals surface area contributed by atoms with Crippen LogP contribution >= 0.6 is 0 Å². The van der Waals surface area contributed by atoms with Gasteiger partial charge in [-0.05, 0) is 11.8 Å². The molecule has 0 aliphatic carbocycles. The zero-order valence-corrected chi connectivity index (χ0v) is 8.81. The zero-order chi connectivity index (χ0) is 9.53. The summed E-state index contributed by atoms with van der Waals surface area (Å²) in [5.74, 6) is 0. The van der Waals surface area contributed by atoms with Gasteiger partial charge in [0.25, 0.3) is 0 Å². The lowest BCUT2D eigenvalue weighted by Gasteiger charge is -2.51. The summed E-state index contributed by atoms with van der Waals surface area (Å²) < 4.78 is 5.75. The molecule has 0 amide bonds. The van der Waals surface area contributed by atoms with Gasteiger partial charge in [-0.25, -0.2) is 0 Å². The second-order valence-corrected chi connectivity index (χ2v) is 5.30. The Bertz CT molecular complexity index is 194. The van der Waals surface area contributed by atoms with E-state index in [1.807, 2.05) is 0 Å². The monoisotopic (exact) mass is 184 g/mol. The molecule has 1 unspecified atom stereocenters.